The average molecular weight is 348 g/mol. The Morgan fingerprint density at radius 1 is 1.00 bits per heavy atom. The van der Waals surface area contributed by atoms with E-state index >= 15 is 0 Å². The van der Waals surface area contributed by atoms with Crippen LogP contribution >= 0.6 is 11.6 Å². The van der Waals surface area contributed by atoms with E-state index in [-0.39, 0.29) is 5.56 Å². The van der Waals surface area contributed by atoms with Crippen molar-refractivity contribution in [3.05, 3.63) is 64.7 Å². The van der Waals surface area contributed by atoms with Crippen LogP contribution in [0, 0.1) is 0 Å². The summed E-state index contributed by atoms with van der Waals surface area (Å²) < 4.78 is 9.48. The Morgan fingerprint density at radius 2 is 1.62 bits per heavy atom. The van der Waals surface area contributed by atoms with Crippen molar-refractivity contribution in [3.63, 3.8) is 0 Å². The molecule has 2 aromatic rings. The van der Waals surface area contributed by atoms with Crippen molar-refractivity contribution in [1.82, 2.24) is 0 Å². The topological polar surface area (TPSA) is 81.7 Å². The third kappa shape index (κ3) is 4.82. The van der Waals surface area contributed by atoms with Gasteiger partial charge in [-0.15, -0.1) is 0 Å². The van der Waals surface area contributed by atoms with Crippen LogP contribution in [0.25, 0.3) is 0 Å². The fourth-order valence-electron chi connectivity index (χ4n) is 1.84. The van der Waals surface area contributed by atoms with E-state index in [2.05, 4.69) is 10.1 Å². The Kier molecular flexibility index (Phi) is 5.92. The number of methoxy groups -OCH3 is 1. The summed E-state index contributed by atoms with van der Waals surface area (Å²) in [5, 5.41) is 3.04. The lowest BCUT2D eigenvalue weighted by Gasteiger charge is -2.07. The highest BCUT2D eigenvalue weighted by atomic mass is 35.5. The maximum Gasteiger partial charge on any atom is 0.338 e. The molecule has 0 aliphatic rings. The second-order valence-electron chi connectivity index (χ2n) is 4.70. The number of esters is 2. The molecule has 2 aromatic carbocycles. The molecule has 0 radical (unpaired) electrons. The van der Waals surface area contributed by atoms with E-state index in [9.17, 15) is 14.4 Å². The molecule has 0 heterocycles. The standard InChI is InChI=1S/C17H14ClNO5/c1-23-16(21)11-5-7-12(8-6-11)17(22)24-10-15(20)19-14-4-2-3-13(18)9-14/h2-9H,10H2,1H3,(H,19,20). The summed E-state index contributed by atoms with van der Waals surface area (Å²) in [5.41, 5.74) is 1.04. The Labute approximate surface area is 143 Å². The predicted octanol–water partition coefficient (Wildman–Crippen LogP) is 2.92. The molecule has 0 saturated heterocycles. The van der Waals surface area contributed by atoms with Crippen LogP contribution in [0.3, 0.4) is 0 Å². The number of hydrogen-bond acceptors (Lipinski definition) is 5. The molecule has 0 aliphatic heterocycles. The van der Waals surface area contributed by atoms with Crippen molar-refractivity contribution in [2.24, 2.45) is 0 Å². The van der Waals surface area contributed by atoms with Crippen molar-refractivity contribution in [2.75, 3.05) is 19.0 Å². The third-order valence-corrected chi connectivity index (χ3v) is 3.22. The highest BCUT2D eigenvalue weighted by Crippen LogP contribution is 2.14. The van der Waals surface area contributed by atoms with Gasteiger partial charge in [-0.05, 0) is 42.5 Å². The number of anilines is 1. The Morgan fingerprint density at radius 3 is 2.21 bits per heavy atom. The van der Waals surface area contributed by atoms with Gasteiger partial charge in [0.25, 0.3) is 5.91 Å². The number of ether oxygens (including phenoxy) is 2. The van der Waals surface area contributed by atoms with Crippen LogP contribution in [-0.2, 0) is 14.3 Å². The van der Waals surface area contributed by atoms with E-state index < -0.39 is 24.5 Å². The van der Waals surface area contributed by atoms with E-state index in [4.69, 9.17) is 16.3 Å². The SMILES string of the molecule is COC(=O)c1ccc(C(=O)OCC(=O)Nc2cccc(Cl)c2)cc1. The minimum Gasteiger partial charge on any atom is -0.465 e. The first-order chi connectivity index (χ1) is 11.5. The van der Waals surface area contributed by atoms with Gasteiger partial charge in [-0.2, -0.15) is 0 Å². The quantitative estimate of drug-likeness (QED) is 0.841. The Hall–Kier alpha value is -2.86. The molecule has 0 bridgehead atoms. The summed E-state index contributed by atoms with van der Waals surface area (Å²) in [6.45, 7) is -0.440. The first-order valence-corrected chi connectivity index (χ1v) is 7.28. The number of hydrogen-bond donors (Lipinski definition) is 1. The minimum atomic E-state index is -0.673. The fourth-order valence-corrected chi connectivity index (χ4v) is 2.03. The van der Waals surface area contributed by atoms with Gasteiger partial charge in [-0.25, -0.2) is 9.59 Å². The van der Waals surface area contributed by atoms with E-state index in [0.717, 1.165) is 0 Å². The summed E-state index contributed by atoms with van der Waals surface area (Å²) in [6, 6.07) is 12.3. The average Bonchev–Trinajstić information content (AvgIpc) is 2.59. The molecular weight excluding hydrogens is 334 g/mol. The summed E-state index contributed by atoms with van der Waals surface area (Å²) >= 11 is 5.81. The number of benzene rings is 2. The molecule has 0 aliphatic carbocycles. The molecule has 0 atom stereocenters. The summed E-state index contributed by atoms with van der Waals surface area (Å²) in [6.07, 6.45) is 0. The van der Waals surface area contributed by atoms with Gasteiger partial charge in [-0.3, -0.25) is 4.79 Å². The van der Waals surface area contributed by atoms with Crippen molar-refractivity contribution in [2.45, 2.75) is 0 Å². The van der Waals surface area contributed by atoms with Crippen LogP contribution in [0.5, 0.6) is 0 Å². The van der Waals surface area contributed by atoms with Gasteiger partial charge in [0.05, 0.1) is 18.2 Å². The van der Waals surface area contributed by atoms with Crippen molar-refractivity contribution >= 4 is 35.1 Å². The summed E-state index contributed by atoms with van der Waals surface area (Å²) in [7, 11) is 1.27. The fraction of sp³-hybridized carbons (Fsp3) is 0.118. The molecule has 0 spiro atoms. The van der Waals surface area contributed by atoms with Gasteiger partial charge in [0.2, 0.25) is 0 Å². The smallest absolute Gasteiger partial charge is 0.338 e. The Balaban J connectivity index is 1.88. The van der Waals surface area contributed by atoms with Crippen molar-refractivity contribution < 1.29 is 23.9 Å². The second kappa shape index (κ2) is 8.12. The molecule has 0 saturated carbocycles. The van der Waals surface area contributed by atoms with Crippen LogP contribution in [-0.4, -0.2) is 31.6 Å². The molecule has 24 heavy (non-hydrogen) atoms. The second-order valence-corrected chi connectivity index (χ2v) is 5.14. The van der Waals surface area contributed by atoms with E-state index in [1.165, 1.54) is 31.4 Å². The van der Waals surface area contributed by atoms with E-state index in [1.807, 2.05) is 0 Å². The summed E-state index contributed by atoms with van der Waals surface area (Å²) in [4.78, 5) is 34.9. The number of carbonyl (C=O) groups excluding carboxylic acids is 3. The van der Waals surface area contributed by atoms with Crippen LogP contribution in [0.4, 0.5) is 5.69 Å². The molecule has 0 fully saturated rings. The lowest BCUT2D eigenvalue weighted by atomic mass is 10.1. The number of carbonyl (C=O) groups is 3. The van der Waals surface area contributed by atoms with Crippen LogP contribution in [0.2, 0.25) is 5.02 Å². The zero-order chi connectivity index (χ0) is 17.5. The van der Waals surface area contributed by atoms with E-state index in [1.54, 1.807) is 24.3 Å². The van der Waals surface area contributed by atoms with Crippen LogP contribution in [0.15, 0.2) is 48.5 Å². The number of amides is 1. The molecule has 124 valence electrons. The maximum atomic E-state index is 11.9. The highest BCUT2D eigenvalue weighted by molar-refractivity contribution is 6.30. The van der Waals surface area contributed by atoms with Crippen LogP contribution in [0.1, 0.15) is 20.7 Å². The molecule has 2 rings (SSSR count). The first-order valence-electron chi connectivity index (χ1n) is 6.90. The van der Waals surface area contributed by atoms with Gasteiger partial charge in [0, 0.05) is 10.7 Å². The number of halogens is 1. The predicted molar refractivity (Wildman–Crippen MR) is 88.1 cm³/mol. The molecule has 0 aromatic heterocycles. The molecular formula is C17H14ClNO5. The summed E-state index contributed by atoms with van der Waals surface area (Å²) in [5.74, 6) is -1.67. The minimum absolute atomic E-state index is 0.221. The number of rotatable bonds is 5. The van der Waals surface area contributed by atoms with Crippen LogP contribution < -0.4 is 5.32 Å². The lowest BCUT2D eigenvalue weighted by Crippen LogP contribution is -2.21. The van der Waals surface area contributed by atoms with Gasteiger partial charge in [0.15, 0.2) is 6.61 Å². The first kappa shape index (κ1) is 17.5. The van der Waals surface area contributed by atoms with Gasteiger partial charge in [-0.1, -0.05) is 17.7 Å². The molecule has 6 nitrogen and oxygen atoms in total. The highest BCUT2D eigenvalue weighted by Gasteiger charge is 2.12. The van der Waals surface area contributed by atoms with Gasteiger partial charge >= 0.3 is 11.9 Å². The molecule has 1 N–H and O–H groups in total. The molecule has 7 heteroatoms. The Bertz CT molecular complexity index is 758. The zero-order valence-corrected chi connectivity index (χ0v) is 13.5. The van der Waals surface area contributed by atoms with Gasteiger partial charge in [0.1, 0.15) is 0 Å². The maximum absolute atomic E-state index is 11.9. The van der Waals surface area contributed by atoms with E-state index in [0.29, 0.717) is 16.3 Å². The molecule has 1 amide bonds. The molecule has 0 unspecified atom stereocenters. The zero-order valence-electron chi connectivity index (χ0n) is 12.7. The number of nitrogens with one attached hydrogen (secondary N) is 1. The third-order valence-electron chi connectivity index (χ3n) is 2.98. The largest absolute Gasteiger partial charge is 0.465 e. The van der Waals surface area contributed by atoms with Gasteiger partial charge < -0.3 is 14.8 Å². The van der Waals surface area contributed by atoms with Crippen molar-refractivity contribution in [3.8, 4) is 0 Å². The normalized spacial score (nSPS) is 9.92. The lowest BCUT2D eigenvalue weighted by molar-refractivity contribution is -0.119. The monoisotopic (exact) mass is 347 g/mol. The van der Waals surface area contributed by atoms with Crippen molar-refractivity contribution in [1.29, 1.82) is 0 Å².